The molecule has 0 saturated carbocycles. The highest BCUT2D eigenvalue weighted by atomic mass is 16.5. The first-order valence-corrected chi connectivity index (χ1v) is 23.7. The van der Waals surface area contributed by atoms with Crippen molar-refractivity contribution >= 4 is 44.6 Å². The van der Waals surface area contributed by atoms with E-state index in [1.54, 1.807) is 29.0 Å². The third kappa shape index (κ3) is 8.65. The Balaban J connectivity index is 1.10. The van der Waals surface area contributed by atoms with Crippen molar-refractivity contribution in [2.24, 2.45) is 0 Å². The van der Waals surface area contributed by atoms with Crippen molar-refractivity contribution in [2.45, 2.75) is 78.6 Å². The molecule has 0 amide bonds. The van der Waals surface area contributed by atoms with E-state index in [1.807, 2.05) is 81.4 Å². The van der Waals surface area contributed by atoms with Gasteiger partial charge in [0.05, 0.1) is 48.7 Å². The molecule has 10 aromatic rings. The smallest absolute Gasteiger partial charge is 0.137 e. The predicted molar refractivity (Wildman–Crippen MR) is 300 cm³/mol. The zero-order valence-electron chi connectivity index (χ0n) is 56.3. The molecule has 0 N–H and O–H groups in total. The average Bonchev–Trinajstić information content (AvgIpc) is 1.51. The van der Waals surface area contributed by atoms with Gasteiger partial charge in [0, 0.05) is 45.9 Å². The lowest BCUT2D eigenvalue weighted by Gasteiger charge is -2.30. The van der Waals surface area contributed by atoms with E-state index in [9.17, 15) is 9.60 Å². The summed E-state index contributed by atoms with van der Waals surface area (Å²) in [5, 5.41) is -0.0270. The first-order chi connectivity index (χ1) is 40.3. The molecule has 0 saturated heterocycles. The van der Waals surface area contributed by atoms with Crippen LogP contribution in [0.5, 0.6) is 11.5 Å². The van der Waals surface area contributed by atoms with E-state index in [-0.39, 0.29) is 80.3 Å². The highest BCUT2D eigenvalue weighted by Crippen LogP contribution is 2.52. The SMILES string of the molecule is [2H]c1c([2H])c([2H])c(-c2cc(C(C)(C)C)cc(-c3cccc(C(C)(C)C)c3)c2N2CN(c3cccc(Oc4cc5c(c([2H])c4[2H])c4c([2H])c(-c6c([2H])c([2H])c([2H])c([2H])c6[2H])c([2H])c([2H])c4n5-c4cc(C(C)(C)C)ccn4)c3)c3ccccc32)c([2H])c1[2H]. The van der Waals surface area contributed by atoms with Gasteiger partial charge in [0.2, 0.25) is 0 Å². The second-order valence-electron chi connectivity index (χ2n) is 21.1. The molecule has 1 aliphatic rings. The Morgan fingerprint density at radius 3 is 1.83 bits per heavy atom. The quantitative estimate of drug-likeness (QED) is 0.152. The summed E-state index contributed by atoms with van der Waals surface area (Å²) in [7, 11) is 0. The van der Waals surface area contributed by atoms with Gasteiger partial charge in [-0.25, -0.2) is 4.98 Å². The lowest BCUT2D eigenvalue weighted by molar-refractivity contribution is 0.483. The van der Waals surface area contributed by atoms with Gasteiger partial charge in [0.15, 0.2) is 0 Å². The molecule has 71 heavy (non-hydrogen) atoms. The Labute approximate surface area is 440 Å². The Hall–Kier alpha value is -7.89. The minimum atomic E-state index is -0.678. The molecular formula is C66H62N4O. The molecule has 5 nitrogen and oxygen atoms in total. The number of nitrogens with zero attached hydrogens (tertiary/aromatic N) is 4. The van der Waals surface area contributed by atoms with Crippen LogP contribution < -0.4 is 14.5 Å². The first-order valence-electron chi connectivity index (χ1n) is 31.2. The van der Waals surface area contributed by atoms with Gasteiger partial charge in [-0.15, -0.1) is 0 Å². The maximum atomic E-state index is 9.75. The van der Waals surface area contributed by atoms with E-state index < -0.39 is 89.1 Å². The lowest BCUT2D eigenvalue weighted by Crippen LogP contribution is -2.25. The number of hydrogen-bond donors (Lipinski definition) is 0. The standard InChI is InChI=1S/C66H62N4O/c1-64(2,3)48-25-18-24-47(36-48)56-39-50(66(7,8)9)38-55(45-22-14-11-15-23-45)63(56)69-43-68(59-28-16-17-29-60(59)69)51-26-19-27-52(41-51)71-53-31-32-54-57-37-46(44-20-12-10-13-21-44)30-33-58(57)70(61(54)42-53)62-40-49(34-35-67-62)65(4,5)6/h10-42H,43H2,1-9H3/i10D,11D,12D,13D,14D,15D,20D,21D,22D,23D,30D,31D,32D,33D,37D. The zero-order valence-corrected chi connectivity index (χ0v) is 41.3. The van der Waals surface area contributed by atoms with Gasteiger partial charge in [-0.3, -0.25) is 4.57 Å². The summed E-state index contributed by atoms with van der Waals surface area (Å²) < 4.78 is 144. The summed E-state index contributed by atoms with van der Waals surface area (Å²) >= 11 is 0. The zero-order chi connectivity index (χ0) is 62.3. The molecule has 2 aromatic heterocycles. The minimum absolute atomic E-state index is 0.0122. The molecule has 0 fully saturated rings. The number of pyridine rings is 1. The Bertz CT molecular complexity index is 4460. The fourth-order valence-electron chi connectivity index (χ4n) is 9.23. The van der Waals surface area contributed by atoms with Crippen LogP contribution in [0.1, 0.15) is 99.6 Å². The molecule has 0 spiro atoms. The lowest BCUT2D eigenvalue weighted by atomic mass is 9.81. The number of benzene rings is 8. The molecule has 8 aromatic carbocycles. The highest BCUT2D eigenvalue weighted by molar-refractivity contribution is 6.11. The van der Waals surface area contributed by atoms with Crippen molar-refractivity contribution in [1.29, 1.82) is 0 Å². The van der Waals surface area contributed by atoms with Crippen LogP contribution in [0.2, 0.25) is 0 Å². The van der Waals surface area contributed by atoms with Crippen LogP contribution in [-0.4, -0.2) is 16.2 Å². The maximum Gasteiger partial charge on any atom is 0.137 e. The van der Waals surface area contributed by atoms with Crippen molar-refractivity contribution in [3.63, 3.8) is 0 Å². The van der Waals surface area contributed by atoms with Crippen LogP contribution in [0, 0.1) is 0 Å². The van der Waals surface area contributed by atoms with Gasteiger partial charge >= 0.3 is 0 Å². The van der Waals surface area contributed by atoms with Crippen LogP contribution in [0.25, 0.3) is 61.0 Å². The van der Waals surface area contributed by atoms with Crippen LogP contribution >= 0.6 is 0 Å². The maximum absolute atomic E-state index is 9.75. The van der Waals surface area contributed by atoms with E-state index in [0.29, 0.717) is 16.9 Å². The van der Waals surface area contributed by atoms with E-state index in [1.165, 1.54) is 6.07 Å². The molecule has 5 heteroatoms. The summed E-state index contributed by atoms with van der Waals surface area (Å²) in [6, 6.07) is 24.9. The Kier molecular flexibility index (Phi) is 7.73. The van der Waals surface area contributed by atoms with Gasteiger partial charge in [0.1, 0.15) is 24.0 Å². The normalized spacial score (nSPS) is 16.0. The molecule has 352 valence electrons. The molecule has 1 aliphatic heterocycles. The fourth-order valence-corrected chi connectivity index (χ4v) is 9.23. The monoisotopic (exact) mass is 942 g/mol. The van der Waals surface area contributed by atoms with Gasteiger partial charge < -0.3 is 14.5 Å². The number of rotatable bonds is 8. The molecule has 0 unspecified atom stereocenters. The molecule has 0 aliphatic carbocycles. The van der Waals surface area contributed by atoms with Crippen LogP contribution in [0.3, 0.4) is 0 Å². The molecule has 11 rings (SSSR count). The third-order valence-electron chi connectivity index (χ3n) is 13.1. The minimum Gasteiger partial charge on any atom is -0.457 e. The second kappa shape index (κ2) is 17.5. The summed E-state index contributed by atoms with van der Waals surface area (Å²) in [5.41, 5.74) is 6.16. The first kappa shape index (κ1) is 31.4. The Morgan fingerprint density at radius 2 is 1.13 bits per heavy atom. The molecule has 3 heterocycles. The average molecular weight is 942 g/mol. The number of aromatic nitrogens is 2. The Morgan fingerprint density at radius 1 is 0.479 bits per heavy atom. The number of para-hydroxylation sites is 2. The summed E-state index contributed by atoms with van der Waals surface area (Å²) in [4.78, 5) is 8.91. The van der Waals surface area contributed by atoms with E-state index in [2.05, 4.69) is 69.5 Å². The van der Waals surface area contributed by atoms with Gasteiger partial charge in [-0.2, -0.15) is 0 Å². The molecule has 0 bridgehead atoms. The van der Waals surface area contributed by atoms with Gasteiger partial charge in [-0.05, 0) is 128 Å². The number of ether oxygens (including phenoxy) is 1. The summed E-state index contributed by atoms with van der Waals surface area (Å²) in [6.45, 7) is 18.9. The van der Waals surface area contributed by atoms with Gasteiger partial charge in [-0.1, -0.05) is 171 Å². The van der Waals surface area contributed by atoms with Crippen molar-refractivity contribution < 1.29 is 25.3 Å². The number of fused-ring (bicyclic) bond motifs is 4. The highest BCUT2D eigenvalue weighted by Gasteiger charge is 2.33. The van der Waals surface area contributed by atoms with Crippen molar-refractivity contribution in [1.82, 2.24) is 9.55 Å². The summed E-state index contributed by atoms with van der Waals surface area (Å²) in [5.74, 6) is 0.475. The van der Waals surface area contributed by atoms with Crippen LogP contribution in [0.15, 0.2) is 200 Å². The topological polar surface area (TPSA) is 33.5 Å². The van der Waals surface area contributed by atoms with E-state index >= 15 is 0 Å². The van der Waals surface area contributed by atoms with E-state index in [0.717, 1.165) is 39.2 Å². The van der Waals surface area contributed by atoms with Gasteiger partial charge in [0.25, 0.3) is 0 Å². The van der Waals surface area contributed by atoms with Crippen molar-refractivity contribution in [3.05, 3.63) is 217 Å². The molecular weight excluding hydrogens is 865 g/mol. The summed E-state index contributed by atoms with van der Waals surface area (Å²) in [6.07, 6.45) is 1.60. The van der Waals surface area contributed by atoms with Crippen LogP contribution in [0.4, 0.5) is 22.7 Å². The number of anilines is 4. The third-order valence-corrected chi connectivity index (χ3v) is 13.1. The molecule has 0 atom stereocenters. The van der Waals surface area contributed by atoms with Crippen LogP contribution in [-0.2, 0) is 16.2 Å². The second-order valence-corrected chi connectivity index (χ2v) is 21.1. The largest absolute Gasteiger partial charge is 0.457 e. The van der Waals surface area contributed by atoms with E-state index in [4.69, 9.17) is 20.7 Å². The number of hydrogen-bond acceptors (Lipinski definition) is 4. The van der Waals surface area contributed by atoms with Crippen molar-refractivity contribution in [3.8, 4) is 50.7 Å². The molecule has 0 radical (unpaired) electrons. The predicted octanol–water partition coefficient (Wildman–Crippen LogP) is 18.1. The fraction of sp³-hybridized carbons (Fsp3) is 0.197. The van der Waals surface area contributed by atoms with Crippen molar-refractivity contribution in [2.75, 3.05) is 16.5 Å².